The molecule has 30 heavy (non-hydrogen) atoms. The summed E-state index contributed by atoms with van der Waals surface area (Å²) in [6, 6.07) is 10.4. The van der Waals surface area contributed by atoms with Gasteiger partial charge in [0.25, 0.3) is 0 Å². The fourth-order valence-electron chi connectivity index (χ4n) is 2.91. The van der Waals surface area contributed by atoms with E-state index in [9.17, 15) is 13.2 Å². The average molecular weight is 451 g/mol. The first kappa shape index (κ1) is 24.2. The summed E-state index contributed by atoms with van der Waals surface area (Å²) in [7, 11) is -3.75. The average Bonchev–Trinajstić information content (AvgIpc) is 3.04. The molecule has 9 heteroatoms. The minimum Gasteiger partial charge on any atom is -0.355 e. The summed E-state index contributed by atoms with van der Waals surface area (Å²) >= 11 is 1.57. The van der Waals surface area contributed by atoms with Crippen LogP contribution in [-0.2, 0) is 21.4 Å². The van der Waals surface area contributed by atoms with Crippen molar-refractivity contribution in [2.24, 2.45) is 0 Å². The molecule has 2 N–H and O–H groups in total. The number of hydrogen-bond acceptors (Lipinski definition) is 5. The summed E-state index contributed by atoms with van der Waals surface area (Å²) in [5.41, 5.74) is 2.82. The molecule has 1 heterocycles. The van der Waals surface area contributed by atoms with E-state index < -0.39 is 16.1 Å². The van der Waals surface area contributed by atoms with Gasteiger partial charge in [-0.25, -0.2) is 8.42 Å². The van der Waals surface area contributed by atoms with Gasteiger partial charge in [0.15, 0.2) is 0 Å². The van der Waals surface area contributed by atoms with Crippen molar-refractivity contribution in [2.45, 2.75) is 39.3 Å². The Morgan fingerprint density at radius 2 is 2.00 bits per heavy atom. The van der Waals surface area contributed by atoms with Crippen molar-refractivity contribution in [1.82, 2.24) is 19.8 Å². The van der Waals surface area contributed by atoms with E-state index in [4.69, 9.17) is 0 Å². The number of carbonyl (C=O) groups excluding carboxylic acids is 1. The monoisotopic (exact) mass is 450 g/mol. The van der Waals surface area contributed by atoms with Gasteiger partial charge in [0, 0.05) is 24.2 Å². The molecule has 1 aromatic carbocycles. The van der Waals surface area contributed by atoms with E-state index in [1.165, 1.54) is 6.08 Å². The van der Waals surface area contributed by atoms with Crippen LogP contribution < -0.4 is 10.0 Å². The fourth-order valence-corrected chi connectivity index (χ4v) is 4.42. The molecule has 0 radical (unpaired) electrons. The summed E-state index contributed by atoms with van der Waals surface area (Å²) in [5, 5.41) is 8.34. The molecule has 2 rings (SSSR count). The number of nitrogens with one attached hydrogen (secondary N) is 2. The number of nitrogens with zero attached hydrogens (tertiary/aromatic N) is 2. The van der Waals surface area contributed by atoms with Crippen molar-refractivity contribution < 1.29 is 13.2 Å². The number of hydrogen-bond donors (Lipinski definition) is 2. The number of amides is 1. The molecule has 0 aliphatic carbocycles. The number of aryl methyl sites for hydroxylation is 3. The predicted molar refractivity (Wildman–Crippen MR) is 124 cm³/mol. The van der Waals surface area contributed by atoms with Crippen LogP contribution in [0.2, 0.25) is 0 Å². The second-order valence-electron chi connectivity index (χ2n) is 7.01. The Bertz CT molecular complexity index is 940. The lowest BCUT2D eigenvalue weighted by Crippen LogP contribution is -2.46. The summed E-state index contributed by atoms with van der Waals surface area (Å²) in [6.07, 6.45) is 4.57. The van der Waals surface area contributed by atoms with Crippen LogP contribution in [0.15, 0.2) is 41.8 Å². The van der Waals surface area contributed by atoms with Gasteiger partial charge in [0.1, 0.15) is 6.04 Å². The van der Waals surface area contributed by atoms with Crippen molar-refractivity contribution in [3.05, 3.63) is 58.8 Å². The Morgan fingerprint density at radius 1 is 1.27 bits per heavy atom. The fraction of sp³-hybridized carbons (Fsp3) is 0.429. The first-order valence-corrected chi connectivity index (χ1v) is 12.8. The molecule has 0 spiro atoms. The van der Waals surface area contributed by atoms with Crippen molar-refractivity contribution in [3.8, 4) is 0 Å². The minimum atomic E-state index is -3.75. The highest BCUT2D eigenvalue weighted by Crippen LogP contribution is 2.07. The lowest BCUT2D eigenvalue weighted by atomic mass is 10.2. The van der Waals surface area contributed by atoms with Crippen LogP contribution in [0.5, 0.6) is 0 Å². The van der Waals surface area contributed by atoms with Gasteiger partial charge < -0.3 is 5.32 Å². The molecule has 164 valence electrons. The molecule has 0 unspecified atom stereocenters. The van der Waals surface area contributed by atoms with Gasteiger partial charge in [-0.3, -0.25) is 9.48 Å². The largest absolute Gasteiger partial charge is 0.355 e. The Morgan fingerprint density at radius 3 is 2.63 bits per heavy atom. The Labute approximate surface area is 183 Å². The molecule has 1 aromatic heterocycles. The highest BCUT2D eigenvalue weighted by molar-refractivity contribution is 7.98. The van der Waals surface area contributed by atoms with Crippen molar-refractivity contribution in [2.75, 3.05) is 18.6 Å². The molecule has 0 aliphatic heterocycles. The lowest BCUT2D eigenvalue weighted by molar-refractivity contribution is -0.122. The molecule has 0 saturated heterocycles. The maximum Gasteiger partial charge on any atom is 0.238 e. The van der Waals surface area contributed by atoms with Gasteiger partial charge >= 0.3 is 0 Å². The van der Waals surface area contributed by atoms with Gasteiger partial charge in [0.2, 0.25) is 15.9 Å². The zero-order chi connectivity index (χ0) is 22.0. The molecule has 1 atom stereocenters. The van der Waals surface area contributed by atoms with E-state index in [1.807, 2.05) is 61.2 Å². The van der Waals surface area contributed by atoms with Crippen LogP contribution in [0.1, 0.15) is 29.8 Å². The third-order valence-corrected chi connectivity index (χ3v) is 6.17. The van der Waals surface area contributed by atoms with Gasteiger partial charge in [-0.05, 0) is 56.4 Å². The number of carbonyl (C=O) groups is 1. The zero-order valence-electron chi connectivity index (χ0n) is 17.7. The molecule has 2 aromatic rings. The highest BCUT2D eigenvalue weighted by atomic mass is 32.2. The predicted octanol–water partition coefficient (Wildman–Crippen LogP) is 2.72. The second-order valence-corrected chi connectivity index (χ2v) is 9.59. The summed E-state index contributed by atoms with van der Waals surface area (Å²) in [6.45, 7) is 5.09. The van der Waals surface area contributed by atoms with Gasteiger partial charge in [-0.2, -0.15) is 21.6 Å². The van der Waals surface area contributed by atoms with Crippen LogP contribution in [0.25, 0.3) is 6.08 Å². The highest BCUT2D eigenvalue weighted by Gasteiger charge is 2.22. The number of sulfonamides is 1. The van der Waals surface area contributed by atoms with E-state index in [1.54, 1.807) is 11.8 Å². The Balaban J connectivity index is 1.90. The molecule has 1 amide bonds. The van der Waals surface area contributed by atoms with Gasteiger partial charge in [-0.1, -0.05) is 30.3 Å². The molecular formula is C21H30N4O3S2. The van der Waals surface area contributed by atoms with Crippen LogP contribution in [-0.4, -0.2) is 48.7 Å². The third-order valence-electron chi connectivity index (χ3n) is 4.42. The number of benzene rings is 1. The van der Waals surface area contributed by atoms with Crippen LogP contribution >= 0.6 is 11.8 Å². The van der Waals surface area contributed by atoms with Gasteiger partial charge in [-0.15, -0.1) is 0 Å². The molecule has 0 fully saturated rings. The summed E-state index contributed by atoms with van der Waals surface area (Å²) in [4.78, 5) is 12.6. The molecule has 0 aliphatic rings. The SMILES string of the molecule is CSCC[C@@H](NS(=O)(=O)/C=C\c1ccccc1)C(=O)NCCCn1nc(C)cc1C. The summed E-state index contributed by atoms with van der Waals surface area (Å²) in [5.74, 6) is 0.364. The van der Waals surface area contributed by atoms with Crippen LogP contribution in [0.3, 0.4) is 0 Å². The van der Waals surface area contributed by atoms with Crippen molar-refractivity contribution >= 4 is 33.8 Å². The number of thioether (sulfide) groups is 1. The first-order chi connectivity index (χ1) is 14.3. The summed E-state index contributed by atoms with van der Waals surface area (Å²) < 4.78 is 29.3. The zero-order valence-corrected chi connectivity index (χ0v) is 19.3. The maximum atomic E-state index is 12.6. The van der Waals surface area contributed by atoms with E-state index in [0.29, 0.717) is 31.7 Å². The minimum absolute atomic E-state index is 0.311. The Kier molecular flexibility index (Phi) is 9.61. The quantitative estimate of drug-likeness (QED) is 0.485. The van der Waals surface area contributed by atoms with Crippen molar-refractivity contribution in [1.29, 1.82) is 0 Å². The van der Waals surface area contributed by atoms with E-state index in [0.717, 1.165) is 22.4 Å². The smallest absolute Gasteiger partial charge is 0.238 e. The number of aromatic nitrogens is 2. The van der Waals surface area contributed by atoms with E-state index in [-0.39, 0.29) is 5.91 Å². The molecule has 0 bridgehead atoms. The lowest BCUT2D eigenvalue weighted by Gasteiger charge is -2.17. The van der Waals surface area contributed by atoms with Gasteiger partial charge in [0.05, 0.1) is 5.69 Å². The molecule has 7 nitrogen and oxygen atoms in total. The molecule has 0 saturated carbocycles. The third kappa shape index (κ3) is 8.33. The van der Waals surface area contributed by atoms with E-state index >= 15 is 0 Å². The Hall–Kier alpha value is -2.10. The van der Waals surface area contributed by atoms with Crippen LogP contribution in [0, 0.1) is 13.8 Å². The first-order valence-electron chi connectivity index (χ1n) is 9.84. The standard InChI is InChI=1S/C21H30N4O3S2/c1-17-16-18(2)25(23-17)13-7-12-22-21(26)20(10-14-29-3)24-30(27,28)15-11-19-8-5-4-6-9-19/h4-6,8-9,11,15-16,20,24H,7,10,12-14H2,1-3H3,(H,22,26)/b15-11-/t20-/m1/s1. The number of rotatable bonds is 12. The van der Waals surface area contributed by atoms with Crippen LogP contribution in [0.4, 0.5) is 0 Å². The van der Waals surface area contributed by atoms with E-state index in [2.05, 4.69) is 15.1 Å². The van der Waals surface area contributed by atoms with Crippen molar-refractivity contribution in [3.63, 3.8) is 0 Å². The second kappa shape index (κ2) is 11.9. The topological polar surface area (TPSA) is 93.1 Å². The normalized spacial score (nSPS) is 12.9. The molecular weight excluding hydrogens is 420 g/mol. The maximum absolute atomic E-state index is 12.6.